The number of phenolic OH excluding ortho intramolecular Hbond substituents is 2. The van der Waals surface area contributed by atoms with Gasteiger partial charge in [-0.1, -0.05) is 0 Å². The van der Waals surface area contributed by atoms with Crippen molar-refractivity contribution in [3.63, 3.8) is 0 Å². The highest BCUT2D eigenvalue weighted by atomic mass is 32.1. The number of aromatic hydroxyl groups is 2. The Morgan fingerprint density at radius 1 is 1.19 bits per heavy atom. The normalized spacial score (nSPS) is 14.1. The van der Waals surface area contributed by atoms with Gasteiger partial charge < -0.3 is 30.2 Å². The van der Waals surface area contributed by atoms with E-state index in [1.54, 1.807) is 12.1 Å². The zero-order chi connectivity index (χ0) is 23.1. The second-order valence-electron chi connectivity index (χ2n) is 6.89. The van der Waals surface area contributed by atoms with E-state index in [-0.39, 0.29) is 22.7 Å². The summed E-state index contributed by atoms with van der Waals surface area (Å²) in [6.07, 6.45) is 0. The monoisotopic (exact) mass is 445 g/mol. The van der Waals surface area contributed by atoms with Crippen molar-refractivity contribution in [2.75, 3.05) is 7.11 Å². The van der Waals surface area contributed by atoms with Crippen LogP contribution in [0.25, 0.3) is 22.3 Å². The number of hydrogen-bond acceptors (Lipinski definition) is 9. The van der Waals surface area contributed by atoms with Crippen LogP contribution in [0.1, 0.15) is 12.5 Å². The van der Waals surface area contributed by atoms with Gasteiger partial charge in [0.2, 0.25) is 5.43 Å². The number of benzene rings is 2. The number of hydrogen-bond donors (Lipinski definition) is 5. The lowest BCUT2D eigenvalue weighted by Crippen LogP contribution is -2.57. The number of carboxylic acids is 1. The second kappa shape index (κ2) is 7.97. The first kappa shape index (κ1) is 22.2. The Bertz CT molecular complexity index is 1250. The summed E-state index contributed by atoms with van der Waals surface area (Å²) >= 11 is 4.07. The maximum absolute atomic E-state index is 13.4. The van der Waals surface area contributed by atoms with Gasteiger partial charge in [-0.25, -0.2) is 4.79 Å². The number of carboxylic acid groups (broad SMARTS) is 1. The maximum Gasteiger partial charge on any atom is 0.330 e. The molecule has 0 aliphatic carbocycles. The largest absolute Gasteiger partial charge is 0.508 e. The number of ether oxygens (including phenoxy) is 1. The van der Waals surface area contributed by atoms with Crippen LogP contribution in [0.2, 0.25) is 0 Å². The van der Waals surface area contributed by atoms with Crippen LogP contribution in [0.5, 0.6) is 17.2 Å². The Labute approximate surface area is 181 Å². The van der Waals surface area contributed by atoms with E-state index in [1.165, 1.54) is 19.2 Å². The number of nitrogens with two attached hydrogens (primary N) is 1. The Hall–Kier alpha value is -3.50. The van der Waals surface area contributed by atoms with Crippen molar-refractivity contribution in [3.05, 3.63) is 52.2 Å². The van der Waals surface area contributed by atoms with Gasteiger partial charge in [0.15, 0.2) is 5.54 Å². The van der Waals surface area contributed by atoms with Crippen LogP contribution in [-0.4, -0.2) is 39.4 Å². The third-order valence-corrected chi connectivity index (χ3v) is 5.67. The predicted octanol–water partition coefficient (Wildman–Crippen LogP) is 2.01. The molecule has 162 valence electrons. The third-order valence-electron chi connectivity index (χ3n) is 4.90. The van der Waals surface area contributed by atoms with Crippen LogP contribution in [-0.2, 0) is 15.1 Å². The molecule has 5 N–H and O–H groups in total. The lowest BCUT2D eigenvalue weighted by atomic mass is 9.82. The van der Waals surface area contributed by atoms with Crippen LogP contribution < -0.4 is 15.9 Å². The summed E-state index contributed by atoms with van der Waals surface area (Å²) in [5.41, 5.74) is 2.06. The number of carbonyl (C=O) groups excluding carboxylic acids is 1. The van der Waals surface area contributed by atoms with Gasteiger partial charge in [0.25, 0.3) is 0 Å². The fraction of sp³-hybridized carbons (Fsp3) is 0.190. The standard InChI is InChI=1S/C21H19NO8S/c1-9(23)19(31)21(22,20(27)28)16-17(26)15-13(25)7-11(24)8-14(15)30-18(16)10-3-5-12(29-2)6-4-10/h3-8,19,24-25,31H,22H2,1-2H3,(H,27,28). The van der Waals surface area contributed by atoms with Crippen LogP contribution in [0.3, 0.4) is 0 Å². The average molecular weight is 445 g/mol. The third kappa shape index (κ3) is 3.60. The number of fused-ring (bicyclic) bond motifs is 1. The van der Waals surface area contributed by atoms with Crippen molar-refractivity contribution in [3.8, 4) is 28.6 Å². The Morgan fingerprint density at radius 2 is 1.81 bits per heavy atom. The highest BCUT2D eigenvalue weighted by Gasteiger charge is 2.49. The first-order valence-corrected chi connectivity index (χ1v) is 9.42. The molecule has 10 heteroatoms. The van der Waals surface area contributed by atoms with Crippen LogP contribution >= 0.6 is 12.6 Å². The van der Waals surface area contributed by atoms with E-state index in [4.69, 9.17) is 14.9 Å². The molecule has 0 fully saturated rings. The Kier molecular flexibility index (Phi) is 5.70. The van der Waals surface area contributed by atoms with Gasteiger partial charge in [-0.15, -0.1) is 0 Å². The molecule has 0 saturated carbocycles. The fourth-order valence-corrected chi connectivity index (χ4v) is 3.53. The molecule has 1 heterocycles. The first-order valence-electron chi connectivity index (χ1n) is 8.90. The molecule has 0 aliphatic heterocycles. The van der Waals surface area contributed by atoms with E-state index in [0.29, 0.717) is 5.75 Å². The molecule has 31 heavy (non-hydrogen) atoms. The summed E-state index contributed by atoms with van der Waals surface area (Å²) in [6.45, 7) is 1.09. The maximum atomic E-state index is 13.4. The van der Waals surface area contributed by atoms with Gasteiger partial charge in [-0.2, -0.15) is 12.6 Å². The molecule has 1 aromatic heterocycles. The van der Waals surface area contributed by atoms with E-state index in [0.717, 1.165) is 19.1 Å². The number of ketones is 1. The molecule has 3 rings (SSSR count). The fourth-order valence-electron chi connectivity index (χ4n) is 3.29. The SMILES string of the molecule is COc1ccc(-c2oc3cc(O)cc(O)c3c(=O)c2C(N)(C(=O)O)C(S)C(C)=O)cc1. The molecular weight excluding hydrogens is 426 g/mol. The minimum Gasteiger partial charge on any atom is -0.508 e. The van der Waals surface area contributed by atoms with Crippen molar-refractivity contribution >= 4 is 35.4 Å². The summed E-state index contributed by atoms with van der Waals surface area (Å²) in [5.74, 6) is -3.18. The molecular formula is C21H19NO8S. The molecule has 3 aromatic rings. The summed E-state index contributed by atoms with van der Waals surface area (Å²) in [6, 6.07) is 8.08. The molecule has 2 aromatic carbocycles. The number of phenols is 2. The van der Waals surface area contributed by atoms with E-state index < -0.39 is 44.7 Å². The van der Waals surface area contributed by atoms with Gasteiger partial charge in [0, 0.05) is 17.7 Å². The van der Waals surface area contributed by atoms with Gasteiger partial charge in [0.1, 0.15) is 39.8 Å². The Balaban J connectivity index is 2.52. The van der Waals surface area contributed by atoms with Crippen LogP contribution in [0, 0.1) is 0 Å². The highest BCUT2D eigenvalue weighted by Crippen LogP contribution is 2.38. The number of methoxy groups -OCH3 is 1. The minimum absolute atomic E-state index is 0.205. The summed E-state index contributed by atoms with van der Waals surface area (Å²) in [4.78, 5) is 37.7. The van der Waals surface area contributed by atoms with E-state index in [1.807, 2.05) is 0 Å². The van der Waals surface area contributed by atoms with Gasteiger partial charge in [-0.05, 0) is 31.2 Å². The van der Waals surface area contributed by atoms with Crippen molar-refractivity contribution < 1.29 is 34.1 Å². The predicted molar refractivity (Wildman–Crippen MR) is 115 cm³/mol. The van der Waals surface area contributed by atoms with Crippen LogP contribution in [0.15, 0.2) is 45.6 Å². The van der Waals surface area contributed by atoms with Crippen molar-refractivity contribution in [1.82, 2.24) is 0 Å². The topological polar surface area (TPSA) is 160 Å². The molecule has 0 spiro atoms. The smallest absolute Gasteiger partial charge is 0.330 e. The molecule has 0 saturated heterocycles. The first-order chi connectivity index (χ1) is 14.5. The molecule has 9 nitrogen and oxygen atoms in total. The quantitative estimate of drug-likeness (QED) is 0.358. The Morgan fingerprint density at radius 3 is 2.32 bits per heavy atom. The van der Waals surface area contributed by atoms with Crippen LogP contribution in [0.4, 0.5) is 0 Å². The van der Waals surface area contributed by atoms with Gasteiger partial charge in [0.05, 0.1) is 17.9 Å². The molecule has 2 unspecified atom stereocenters. The molecule has 0 bridgehead atoms. The summed E-state index contributed by atoms with van der Waals surface area (Å²) < 4.78 is 10.9. The second-order valence-corrected chi connectivity index (χ2v) is 7.41. The molecule has 0 radical (unpaired) electrons. The lowest BCUT2D eigenvalue weighted by molar-refractivity contribution is -0.145. The number of Topliss-reactive ketones (excluding diaryl/α,β-unsaturated/α-hetero) is 1. The number of rotatable bonds is 6. The molecule has 0 aliphatic rings. The lowest BCUT2D eigenvalue weighted by Gasteiger charge is -2.30. The number of aliphatic carboxylic acids is 1. The van der Waals surface area contributed by atoms with E-state index in [9.17, 15) is 29.7 Å². The molecule has 2 atom stereocenters. The van der Waals surface area contributed by atoms with Gasteiger partial charge in [-0.3, -0.25) is 9.59 Å². The zero-order valence-corrected chi connectivity index (χ0v) is 17.3. The zero-order valence-electron chi connectivity index (χ0n) is 16.4. The molecule has 0 amide bonds. The number of thiol groups is 1. The van der Waals surface area contributed by atoms with E-state index in [2.05, 4.69) is 12.6 Å². The van der Waals surface area contributed by atoms with Crippen molar-refractivity contribution in [2.24, 2.45) is 5.73 Å². The summed E-state index contributed by atoms with van der Waals surface area (Å²) in [5, 5.41) is 28.0. The van der Waals surface area contributed by atoms with Crippen molar-refractivity contribution in [2.45, 2.75) is 17.7 Å². The van der Waals surface area contributed by atoms with Crippen molar-refractivity contribution in [1.29, 1.82) is 0 Å². The highest BCUT2D eigenvalue weighted by molar-refractivity contribution is 7.82. The van der Waals surface area contributed by atoms with Gasteiger partial charge >= 0.3 is 5.97 Å². The summed E-state index contributed by atoms with van der Waals surface area (Å²) in [7, 11) is 1.45. The average Bonchev–Trinajstić information content (AvgIpc) is 2.71. The van der Waals surface area contributed by atoms with E-state index >= 15 is 0 Å². The number of carbonyl (C=O) groups is 2. The minimum atomic E-state index is -2.59.